The monoisotopic (exact) mass is 845 g/mol. The van der Waals surface area contributed by atoms with Crippen LogP contribution in [0.15, 0.2) is 35.2 Å². The average Bonchev–Trinajstić information content (AvgIpc) is 3.66. The zero-order valence-electron chi connectivity index (χ0n) is 30.6. The first-order chi connectivity index (χ1) is 24.8. The van der Waals surface area contributed by atoms with Gasteiger partial charge in [0.15, 0.2) is 13.2 Å². The van der Waals surface area contributed by atoms with Crippen molar-refractivity contribution in [1.29, 1.82) is 0 Å². The second-order valence-corrected chi connectivity index (χ2v) is 18.7. The lowest BCUT2D eigenvalue weighted by molar-refractivity contribution is -0.162. The van der Waals surface area contributed by atoms with Crippen LogP contribution in [0.3, 0.4) is 0 Å². The maximum absolute atomic E-state index is 14.7. The predicted octanol–water partition coefficient (Wildman–Crippen LogP) is 5.96. The Kier molecular flexibility index (Phi) is 15.2. The smallest absolute Gasteiger partial charge is 0.458 e. The van der Waals surface area contributed by atoms with E-state index in [-0.39, 0.29) is 32.0 Å². The highest BCUT2D eigenvalue weighted by Gasteiger charge is 2.39. The number of alkyl halides is 2. The van der Waals surface area contributed by atoms with E-state index in [0.29, 0.717) is 18.7 Å². The number of benzene rings is 1. The standard InChI is InChI=1S/C32H43ClF2N3O13PS2/c1-20-22(38-15-9-12-26(38)39)10-8-11-24(20)54(44,45)37-21(16-36-27(40)23-13-14-25(33)53-23)28(41)46-17-32(34,35)18-47-29(42)48-19-49-52(43,50-30(2,3)4)51-31(5,6)7/h8,10-11,13-14,21,37H,9,12,15-19H2,1-7H3,(H,36,40)/t21-/m0/s1. The van der Waals surface area contributed by atoms with E-state index >= 15 is 0 Å². The van der Waals surface area contributed by atoms with Crippen molar-refractivity contribution in [3.63, 3.8) is 0 Å². The molecule has 1 fully saturated rings. The number of sulfonamides is 1. The summed E-state index contributed by atoms with van der Waals surface area (Å²) in [4.78, 5) is 51.4. The Bertz CT molecular complexity index is 1830. The molecule has 1 aliphatic heterocycles. The van der Waals surface area contributed by atoms with Crippen molar-refractivity contribution in [3.8, 4) is 0 Å². The molecule has 1 aromatic carbocycles. The number of amides is 2. The molecule has 3 rings (SSSR count). The number of hydrogen-bond donors (Lipinski definition) is 2. The molecule has 1 aliphatic rings. The summed E-state index contributed by atoms with van der Waals surface area (Å²) in [6.45, 7) is 6.04. The van der Waals surface area contributed by atoms with E-state index in [1.807, 2.05) is 0 Å². The average molecular weight is 846 g/mol. The third-order valence-corrected chi connectivity index (χ3v) is 11.6. The molecule has 0 radical (unpaired) electrons. The number of phosphoric ester groups is 1. The first-order valence-electron chi connectivity index (χ1n) is 16.3. The summed E-state index contributed by atoms with van der Waals surface area (Å²) in [5.74, 6) is -6.49. The fraction of sp³-hybridized carbons (Fsp3) is 0.562. The third-order valence-electron chi connectivity index (χ3n) is 6.74. The highest BCUT2D eigenvalue weighted by molar-refractivity contribution is 7.89. The molecule has 2 heterocycles. The van der Waals surface area contributed by atoms with Gasteiger partial charge in [0.1, 0.15) is 6.04 Å². The highest BCUT2D eigenvalue weighted by Crippen LogP contribution is 2.55. The second-order valence-electron chi connectivity index (χ2n) is 13.8. The van der Waals surface area contributed by atoms with Crippen LogP contribution >= 0.6 is 30.8 Å². The molecular weight excluding hydrogens is 803 g/mol. The van der Waals surface area contributed by atoms with Gasteiger partial charge in [0.05, 0.1) is 25.3 Å². The number of nitrogens with zero attached hydrogens (tertiary/aromatic N) is 1. The molecule has 1 atom stereocenters. The molecule has 0 saturated carbocycles. The number of thiophene rings is 1. The molecule has 0 spiro atoms. The molecule has 1 saturated heterocycles. The number of halogens is 3. The van der Waals surface area contributed by atoms with Crippen molar-refractivity contribution in [1.82, 2.24) is 10.0 Å². The number of carbonyl (C=O) groups is 4. The van der Waals surface area contributed by atoms with Gasteiger partial charge >= 0.3 is 25.9 Å². The summed E-state index contributed by atoms with van der Waals surface area (Å²) in [5.41, 5.74) is -1.51. The number of carbonyl (C=O) groups excluding carboxylic acids is 4. The van der Waals surface area contributed by atoms with E-state index in [2.05, 4.69) is 19.5 Å². The van der Waals surface area contributed by atoms with Crippen LogP contribution in [0.5, 0.6) is 0 Å². The number of anilines is 1. The number of esters is 1. The molecule has 1 aromatic heterocycles. The summed E-state index contributed by atoms with van der Waals surface area (Å²) < 4.78 is 101. The quantitative estimate of drug-likeness (QED) is 0.107. The summed E-state index contributed by atoms with van der Waals surface area (Å²) in [5, 5.41) is 2.34. The summed E-state index contributed by atoms with van der Waals surface area (Å²) >= 11 is 6.77. The molecule has 0 bridgehead atoms. The van der Waals surface area contributed by atoms with Gasteiger partial charge in [-0.25, -0.2) is 22.3 Å². The van der Waals surface area contributed by atoms with E-state index in [1.165, 1.54) is 36.1 Å². The van der Waals surface area contributed by atoms with Gasteiger partial charge in [-0.2, -0.15) is 13.5 Å². The first kappa shape index (κ1) is 45.2. The van der Waals surface area contributed by atoms with Crippen LogP contribution in [0.1, 0.15) is 69.6 Å². The molecule has 2 N–H and O–H groups in total. The van der Waals surface area contributed by atoms with Gasteiger partial charge in [-0.3, -0.25) is 23.4 Å². The Labute approximate surface area is 320 Å². The zero-order valence-corrected chi connectivity index (χ0v) is 33.8. The lowest BCUT2D eigenvalue weighted by Gasteiger charge is -2.30. The van der Waals surface area contributed by atoms with Crippen LogP contribution in [-0.2, 0) is 52.0 Å². The van der Waals surface area contributed by atoms with Crippen molar-refractivity contribution in [2.24, 2.45) is 0 Å². The van der Waals surface area contributed by atoms with E-state index < -0.39 is 85.6 Å². The van der Waals surface area contributed by atoms with Crippen LogP contribution in [0, 0.1) is 6.92 Å². The van der Waals surface area contributed by atoms with Crippen LogP contribution in [0.4, 0.5) is 19.3 Å². The molecule has 302 valence electrons. The second kappa shape index (κ2) is 18.1. The fourth-order valence-corrected chi connectivity index (χ4v) is 8.71. The minimum absolute atomic E-state index is 0.112. The Hall–Kier alpha value is -3.23. The molecule has 16 nitrogen and oxygen atoms in total. The minimum atomic E-state index is -4.61. The Morgan fingerprint density at radius 3 is 2.19 bits per heavy atom. The van der Waals surface area contributed by atoms with Gasteiger partial charge in [0.2, 0.25) is 22.7 Å². The lowest BCUT2D eigenvalue weighted by Crippen LogP contribution is -2.50. The molecule has 0 aliphatic carbocycles. The van der Waals surface area contributed by atoms with E-state index in [1.54, 1.807) is 47.6 Å². The first-order valence-corrected chi connectivity index (χ1v) is 20.4. The van der Waals surface area contributed by atoms with Crippen molar-refractivity contribution >= 4 is 70.4 Å². The van der Waals surface area contributed by atoms with Crippen molar-refractivity contribution in [2.75, 3.05) is 38.0 Å². The van der Waals surface area contributed by atoms with E-state index in [9.17, 15) is 40.9 Å². The minimum Gasteiger partial charge on any atom is -0.458 e. The molecule has 2 amide bonds. The maximum atomic E-state index is 14.7. The number of hydrogen-bond acceptors (Lipinski definition) is 14. The van der Waals surface area contributed by atoms with Crippen molar-refractivity contribution in [3.05, 3.63) is 45.1 Å². The summed E-state index contributed by atoms with van der Waals surface area (Å²) in [6, 6.07) is 5.05. The van der Waals surface area contributed by atoms with Crippen LogP contribution in [0.25, 0.3) is 0 Å². The molecule has 22 heteroatoms. The lowest BCUT2D eigenvalue weighted by atomic mass is 10.2. The maximum Gasteiger partial charge on any atom is 0.510 e. The molecule has 54 heavy (non-hydrogen) atoms. The van der Waals surface area contributed by atoms with E-state index in [4.69, 9.17) is 29.9 Å². The van der Waals surface area contributed by atoms with Gasteiger partial charge < -0.3 is 24.4 Å². The number of phosphoric acid groups is 1. The van der Waals surface area contributed by atoms with Gasteiger partial charge in [-0.05, 0) is 84.7 Å². The normalized spacial score (nSPS) is 14.9. The van der Waals surface area contributed by atoms with Crippen LogP contribution in [-0.4, -0.2) is 88.6 Å². The summed E-state index contributed by atoms with van der Waals surface area (Å²) in [7, 11) is -8.92. The Morgan fingerprint density at radius 1 is 1.00 bits per heavy atom. The SMILES string of the molecule is Cc1c(N2CCCC2=O)cccc1S(=O)(=O)N[C@@H](CNC(=O)c1ccc(Cl)s1)C(=O)OCC(F)(F)COC(=O)OCOP(=O)(OC(C)(C)C)OC(C)(C)C. The largest absolute Gasteiger partial charge is 0.510 e. The van der Waals surface area contributed by atoms with Gasteiger partial charge in [-0.15, -0.1) is 11.3 Å². The van der Waals surface area contributed by atoms with E-state index in [0.717, 1.165) is 11.3 Å². The Balaban J connectivity index is 1.67. The van der Waals surface area contributed by atoms with Gasteiger partial charge in [0.25, 0.3) is 5.91 Å². The van der Waals surface area contributed by atoms with Crippen molar-refractivity contribution < 1.29 is 68.7 Å². The summed E-state index contributed by atoms with van der Waals surface area (Å²) in [6.07, 6.45) is -0.813. The van der Waals surface area contributed by atoms with Crippen molar-refractivity contribution in [2.45, 2.75) is 89.4 Å². The topological polar surface area (TPSA) is 202 Å². The number of ether oxygens (including phenoxy) is 3. The third kappa shape index (κ3) is 14.1. The number of nitrogens with one attached hydrogen (secondary N) is 2. The van der Waals surface area contributed by atoms with Crippen LogP contribution in [0.2, 0.25) is 4.34 Å². The predicted molar refractivity (Wildman–Crippen MR) is 192 cm³/mol. The Morgan fingerprint density at radius 2 is 1.63 bits per heavy atom. The molecule has 0 unspecified atom stereocenters. The van der Waals surface area contributed by atoms with Gasteiger partial charge in [0, 0.05) is 25.2 Å². The number of rotatable bonds is 17. The molecular formula is C32H43ClF2N3O13PS2. The zero-order chi connectivity index (χ0) is 40.7. The fourth-order valence-electron chi connectivity index (χ4n) is 4.64. The van der Waals surface area contributed by atoms with Gasteiger partial charge in [-0.1, -0.05) is 17.7 Å². The highest BCUT2D eigenvalue weighted by atomic mass is 35.5. The van der Waals surface area contributed by atoms with Crippen LogP contribution < -0.4 is 14.9 Å². The molecule has 2 aromatic rings.